The average molecular weight is 262 g/mol. The van der Waals surface area contributed by atoms with Crippen molar-refractivity contribution in [2.45, 2.75) is 13.1 Å². The lowest BCUT2D eigenvalue weighted by Gasteiger charge is -2.52. The van der Waals surface area contributed by atoms with Gasteiger partial charge in [0, 0.05) is 11.7 Å². The van der Waals surface area contributed by atoms with Crippen LogP contribution in [0.25, 0.3) is 0 Å². The first-order valence-electron chi connectivity index (χ1n) is 4.60. The topological polar surface area (TPSA) is 27.7 Å². The Labute approximate surface area is 95.7 Å². The Hall–Kier alpha value is -0.116. The largest absolute Gasteiger partial charge is 0.407 e. The zero-order valence-electron chi connectivity index (χ0n) is 9.49. The summed E-state index contributed by atoms with van der Waals surface area (Å²) in [7, 11) is -6.35. The highest BCUT2D eigenvalue weighted by Gasteiger charge is 2.49. The van der Waals surface area contributed by atoms with Crippen LogP contribution in [0.15, 0.2) is 36.5 Å². The third kappa shape index (κ3) is 2.71. The van der Waals surface area contributed by atoms with Crippen molar-refractivity contribution in [3.05, 3.63) is 36.5 Å². The molecule has 2 atom stereocenters. The van der Waals surface area contributed by atoms with Crippen LogP contribution in [0.1, 0.15) is 0 Å². The van der Waals surface area contributed by atoms with E-state index >= 15 is 0 Å². The van der Waals surface area contributed by atoms with Crippen molar-refractivity contribution in [1.29, 1.82) is 0 Å². The quantitative estimate of drug-likeness (QED) is 0.732. The molecule has 0 saturated carbocycles. The molecule has 0 aromatic carbocycles. The molecule has 1 aliphatic rings. The summed E-state index contributed by atoms with van der Waals surface area (Å²) in [5.74, 6) is 0. The van der Waals surface area contributed by atoms with Crippen LogP contribution >= 0.6 is 10.6 Å². The number of rotatable bonds is 3. The molecule has 0 radical (unpaired) electrons. The molecule has 0 aromatic heterocycles. The summed E-state index contributed by atoms with van der Waals surface area (Å²) >= 11 is 0. The van der Waals surface area contributed by atoms with Gasteiger partial charge in [0.2, 0.25) is 0 Å². The molecule has 1 aliphatic heterocycles. The van der Waals surface area contributed by atoms with Crippen LogP contribution in [-0.2, 0) is 11.9 Å². The second-order valence-electron chi connectivity index (χ2n) is 3.71. The van der Waals surface area contributed by atoms with Gasteiger partial charge in [-0.2, -0.15) is 10.6 Å². The van der Waals surface area contributed by atoms with Gasteiger partial charge in [-0.25, -0.2) is 0 Å². The molecular formula is C9H18O3SSi2. The molecule has 1 fully saturated rings. The minimum absolute atomic E-state index is 1.70. The zero-order valence-corrected chi connectivity index (χ0v) is 12.3. The monoisotopic (exact) mass is 262 g/mol. The lowest BCUT2D eigenvalue weighted by molar-refractivity contribution is 0.311. The lowest BCUT2D eigenvalue weighted by Crippen LogP contribution is -2.55. The molecule has 0 aliphatic carbocycles. The Morgan fingerprint density at radius 3 is 1.67 bits per heavy atom. The molecule has 6 heteroatoms. The summed E-state index contributed by atoms with van der Waals surface area (Å²) in [6, 6.07) is 0. The highest BCUT2D eigenvalue weighted by atomic mass is 32.3. The predicted molar refractivity (Wildman–Crippen MR) is 70.6 cm³/mol. The fraction of sp³-hybridized carbons (Fsp3) is 0.333. The van der Waals surface area contributed by atoms with Crippen LogP contribution in [-0.4, -0.2) is 23.4 Å². The van der Waals surface area contributed by atoms with Gasteiger partial charge in [0.1, 0.15) is 0 Å². The van der Waals surface area contributed by atoms with Gasteiger partial charge in [0.15, 0.2) is 0 Å². The van der Waals surface area contributed by atoms with E-state index in [1.54, 1.807) is 16.8 Å². The van der Waals surface area contributed by atoms with Gasteiger partial charge in [-0.05, 0) is 24.5 Å². The minimum Gasteiger partial charge on any atom is -0.407 e. The van der Waals surface area contributed by atoms with Crippen LogP contribution in [0.2, 0.25) is 13.1 Å². The summed E-state index contributed by atoms with van der Waals surface area (Å²) in [6.45, 7) is 15.2. The van der Waals surface area contributed by atoms with Crippen molar-refractivity contribution in [1.82, 2.24) is 0 Å². The Bertz CT molecular complexity index is 252. The molecule has 15 heavy (non-hydrogen) atoms. The maximum Gasteiger partial charge on any atom is 0.376 e. The first-order valence-corrected chi connectivity index (χ1v) is 11.3. The van der Waals surface area contributed by atoms with Gasteiger partial charge in [-0.3, -0.25) is 7.74 Å². The SMILES string of the molecule is C=C[Si@@]1(C)O[Si@](C)(C=C)OS(C)(C=C)O1. The second kappa shape index (κ2) is 4.04. The maximum absolute atomic E-state index is 5.93. The van der Waals surface area contributed by atoms with E-state index in [0.29, 0.717) is 0 Å². The van der Waals surface area contributed by atoms with E-state index < -0.39 is 27.7 Å². The Morgan fingerprint density at radius 1 is 1.00 bits per heavy atom. The van der Waals surface area contributed by atoms with E-state index in [2.05, 4.69) is 19.7 Å². The van der Waals surface area contributed by atoms with E-state index in [-0.39, 0.29) is 0 Å². The summed E-state index contributed by atoms with van der Waals surface area (Å²) in [6.07, 6.45) is 1.92. The van der Waals surface area contributed by atoms with Gasteiger partial charge in [0.25, 0.3) is 0 Å². The van der Waals surface area contributed by atoms with Crippen LogP contribution in [0.3, 0.4) is 0 Å². The second-order valence-corrected chi connectivity index (χ2v) is 12.7. The van der Waals surface area contributed by atoms with Crippen molar-refractivity contribution in [3.8, 4) is 0 Å². The molecule has 1 heterocycles. The molecule has 0 aromatic rings. The van der Waals surface area contributed by atoms with E-state index in [1.165, 1.54) is 0 Å². The smallest absolute Gasteiger partial charge is 0.376 e. The Morgan fingerprint density at radius 2 is 1.40 bits per heavy atom. The maximum atomic E-state index is 5.93. The molecule has 0 N–H and O–H groups in total. The average Bonchev–Trinajstić information content (AvgIpc) is 2.16. The van der Waals surface area contributed by atoms with Crippen LogP contribution in [0, 0.1) is 0 Å². The molecule has 3 nitrogen and oxygen atoms in total. The van der Waals surface area contributed by atoms with E-state index in [0.717, 1.165) is 0 Å². The Kier molecular flexibility index (Phi) is 3.49. The van der Waals surface area contributed by atoms with Crippen molar-refractivity contribution in [2.24, 2.45) is 0 Å². The Balaban J connectivity index is 3.07. The summed E-state index contributed by atoms with van der Waals surface area (Å²) in [5.41, 5.74) is 3.55. The van der Waals surface area contributed by atoms with Crippen LogP contribution in [0.4, 0.5) is 0 Å². The number of hydrogen-bond acceptors (Lipinski definition) is 3. The molecule has 0 unspecified atom stereocenters. The number of hydrogen-bond donors (Lipinski definition) is 0. The molecular weight excluding hydrogens is 244 g/mol. The highest BCUT2D eigenvalue weighted by molar-refractivity contribution is 8.29. The molecule has 0 amide bonds. The van der Waals surface area contributed by atoms with E-state index in [4.69, 9.17) is 11.9 Å². The van der Waals surface area contributed by atoms with Gasteiger partial charge in [-0.15, -0.1) is 13.2 Å². The fourth-order valence-corrected chi connectivity index (χ4v) is 12.9. The van der Waals surface area contributed by atoms with Gasteiger partial charge < -0.3 is 4.12 Å². The van der Waals surface area contributed by atoms with Crippen LogP contribution < -0.4 is 0 Å². The van der Waals surface area contributed by atoms with E-state index in [1.807, 2.05) is 19.3 Å². The fourth-order valence-electron chi connectivity index (χ4n) is 1.33. The van der Waals surface area contributed by atoms with Crippen molar-refractivity contribution in [3.63, 3.8) is 0 Å². The first kappa shape index (κ1) is 13.0. The van der Waals surface area contributed by atoms with Crippen molar-refractivity contribution >= 4 is 27.7 Å². The normalized spacial score (nSPS) is 50.1. The van der Waals surface area contributed by atoms with Gasteiger partial charge in [-0.1, -0.05) is 6.58 Å². The van der Waals surface area contributed by atoms with Gasteiger partial charge >= 0.3 is 17.1 Å². The molecule has 0 spiro atoms. The minimum atomic E-state index is -2.33. The molecule has 1 rings (SSSR count). The molecule has 86 valence electrons. The zero-order chi connectivity index (χ0) is 11.7. The predicted octanol–water partition coefficient (Wildman–Crippen LogP) is 3.05. The summed E-state index contributed by atoms with van der Waals surface area (Å²) in [4.78, 5) is 0. The summed E-state index contributed by atoms with van der Waals surface area (Å²) in [5, 5.41) is 1.74. The highest BCUT2D eigenvalue weighted by Crippen LogP contribution is 2.56. The van der Waals surface area contributed by atoms with Gasteiger partial charge in [0.05, 0.1) is 0 Å². The van der Waals surface area contributed by atoms with E-state index in [9.17, 15) is 0 Å². The summed E-state index contributed by atoms with van der Waals surface area (Å²) < 4.78 is 17.7. The third-order valence-corrected chi connectivity index (χ3v) is 12.7. The molecule has 0 bridgehead atoms. The van der Waals surface area contributed by atoms with Crippen molar-refractivity contribution in [2.75, 3.05) is 6.26 Å². The van der Waals surface area contributed by atoms with Crippen LogP contribution in [0.5, 0.6) is 0 Å². The molecule has 1 saturated heterocycles. The third-order valence-electron chi connectivity index (χ3n) is 2.11. The first-order chi connectivity index (χ1) is 6.80. The van der Waals surface area contributed by atoms with Crippen molar-refractivity contribution < 1.29 is 11.9 Å². The lowest BCUT2D eigenvalue weighted by atomic mass is 11.3. The standard InChI is InChI=1S/C9H18O3SSi2/c1-7-13(4)10-14(5,8-2)12-15(6,9-3)11-13/h7-9H,1-3H2,4-6H3/t14-,15-/m1/s1.